The van der Waals surface area contributed by atoms with E-state index in [4.69, 9.17) is 0 Å². The summed E-state index contributed by atoms with van der Waals surface area (Å²) in [4.78, 5) is 26.3. The molecule has 0 saturated carbocycles. The van der Waals surface area contributed by atoms with Crippen molar-refractivity contribution in [1.82, 2.24) is 4.90 Å². The van der Waals surface area contributed by atoms with E-state index in [0.717, 1.165) is 12.3 Å². The molecule has 2 N–H and O–H groups in total. The first-order valence-electron chi connectivity index (χ1n) is 9.54. The number of nitrogens with one attached hydrogen (secondary N) is 1. The van der Waals surface area contributed by atoms with Gasteiger partial charge in [0.1, 0.15) is 11.9 Å². The van der Waals surface area contributed by atoms with E-state index < -0.39 is 50.9 Å². The van der Waals surface area contributed by atoms with Crippen molar-refractivity contribution in [1.29, 1.82) is 0 Å². The zero-order valence-electron chi connectivity index (χ0n) is 17.7. The van der Waals surface area contributed by atoms with Gasteiger partial charge in [0.15, 0.2) is 15.4 Å². The largest absolute Gasteiger partial charge is 0.421 e. The molecule has 0 radical (unpaired) electrons. The van der Waals surface area contributed by atoms with E-state index in [2.05, 4.69) is 5.32 Å². The van der Waals surface area contributed by atoms with Crippen LogP contribution in [0.2, 0.25) is 0 Å². The SMILES string of the molecule is CC(=O)N1Cc2cc(S(C)(=O)=O)ccc2C1C(=O)Nc1ccc(C(C)(O)C(F)(F)F)c(F)c1. The predicted octanol–water partition coefficient (Wildman–Crippen LogP) is 3.04. The third-order valence-corrected chi connectivity index (χ3v) is 6.57. The fraction of sp³-hybridized carbons (Fsp3) is 0.333. The summed E-state index contributed by atoms with van der Waals surface area (Å²) in [5.74, 6) is -2.64. The fourth-order valence-electron chi connectivity index (χ4n) is 3.59. The van der Waals surface area contributed by atoms with Gasteiger partial charge < -0.3 is 15.3 Å². The number of amides is 2. The molecule has 2 amide bonds. The van der Waals surface area contributed by atoms with E-state index in [1.54, 1.807) is 0 Å². The number of carbonyl (C=O) groups is 2. The number of nitrogens with zero attached hydrogens (tertiary/aromatic N) is 1. The number of benzene rings is 2. The van der Waals surface area contributed by atoms with Gasteiger partial charge in [0, 0.05) is 31.0 Å². The quantitative estimate of drug-likeness (QED) is 0.644. The first-order valence-corrected chi connectivity index (χ1v) is 11.4. The molecule has 2 aromatic rings. The van der Waals surface area contributed by atoms with Crippen LogP contribution in [0.15, 0.2) is 41.3 Å². The van der Waals surface area contributed by atoms with Crippen LogP contribution in [0.3, 0.4) is 0 Å². The average molecular weight is 488 g/mol. The van der Waals surface area contributed by atoms with Gasteiger partial charge in [-0.25, -0.2) is 12.8 Å². The van der Waals surface area contributed by atoms with Gasteiger partial charge in [0.25, 0.3) is 5.91 Å². The van der Waals surface area contributed by atoms with Gasteiger partial charge in [-0.1, -0.05) is 12.1 Å². The Morgan fingerprint density at radius 1 is 1.15 bits per heavy atom. The second-order valence-electron chi connectivity index (χ2n) is 7.94. The highest BCUT2D eigenvalue weighted by molar-refractivity contribution is 7.90. The standard InChI is InChI=1S/C21H20F4N2O5S/c1-11(28)27-10-12-8-14(33(3,31)32)5-6-15(12)18(27)19(29)26-13-4-7-16(17(22)9-13)20(2,30)21(23,24)25/h4-9,18,30H,10H2,1-3H3,(H,26,29). The van der Waals surface area contributed by atoms with Crippen LogP contribution < -0.4 is 5.32 Å². The summed E-state index contributed by atoms with van der Waals surface area (Å²) < 4.78 is 77.0. The van der Waals surface area contributed by atoms with Crippen molar-refractivity contribution in [2.75, 3.05) is 11.6 Å². The number of aliphatic hydroxyl groups is 1. The van der Waals surface area contributed by atoms with E-state index in [-0.39, 0.29) is 17.1 Å². The topological polar surface area (TPSA) is 104 Å². The van der Waals surface area contributed by atoms with Crippen LogP contribution >= 0.6 is 0 Å². The molecule has 2 unspecified atom stereocenters. The van der Waals surface area contributed by atoms with Crippen molar-refractivity contribution in [2.24, 2.45) is 0 Å². The first-order chi connectivity index (χ1) is 15.0. The molecule has 2 aromatic carbocycles. The molecule has 178 valence electrons. The number of carbonyl (C=O) groups excluding carboxylic acids is 2. The smallest absolute Gasteiger partial charge is 0.376 e. The summed E-state index contributed by atoms with van der Waals surface area (Å²) in [6, 6.07) is 5.25. The molecular weight excluding hydrogens is 468 g/mol. The average Bonchev–Trinajstić information content (AvgIpc) is 3.05. The minimum atomic E-state index is -5.13. The van der Waals surface area contributed by atoms with Crippen molar-refractivity contribution < 1.29 is 40.7 Å². The van der Waals surface area contributed by atoms with Crippen molar-refractivity contribution >= 4 is 27.3 Å². The molecule has 0 saturated heterocycles. The Morgan fingerprint density at radius 3 is 2.30 bits per heavy atom. The van der Waals surface area contributed by atoms with Crippen molar-refractivity contribution in [3.63, 3.8) is 0 Å². The summed E-state index contributed by atoms with van der Waals surface area (Å²) in [5, 5.41) is 12.1. The van der Waals surface area contributed by atoms with Crippen molar-refractivity contribution in [3.05, 3.63) is 58.9 Å². The van der Waals surface area contributed by atoms with Crippen LogP contribution in [-0.4, -0.2) is 42.7 Å². The van der Waals surface area contributed by atoms with Gasteiger partial charge in [0.2, 0.25) is 5.91 Å². The molecule has 33 heavy (non-hydrogen) atoms. The number of hydrogen-bond donors (Lipinski definition) is 2. The Labute approximate surface area is 186 Å². The molecule has 12 heteroatoms. The van der Waals surface area contributed by atoms with E-state index in [9.17, 15) is 40.7 Å². The van der Waals surface area contributed by atoms with Crippen LogP contribution in [0.5, 0.6) is 0 Å². The van der Waals surface area contributed by atoms with Gasteiger partial charge in [-0.15, -0.1) is 0 Å². The van der Waals surface area contributed by atoms with Crippen LogP contribution in [0.4, 0.5) is 23.2 Å². The summed E-state index contributed by atoms with van der Waals surface area (Å²) >= 11 is 0. The zero-order chi connectivity index (χ0) is 24.9. The van der Waals surface area contributed by atoms with Gasteiger partial charge in [-0.2, -0.15) is 13.2 Å². The molecule has 0 fully saturated rings. The lowest BCUT2D eigenvalue weighted by Crippen LogP contribution is -2.40. The lowest BCUT2D eigenvalue weighted by Gasteiger charge is -2.27. The Balaban J connectivity index is 1.93. The second-order valence-corrected chi connectivity index (χ2v) is 9.95. The number of rotatable bonds is 4. The second kappa shape index (κ2) is 8.10. The molecular formula is C21H20F4N2O5S. The normalized spacial score (nSPS) is 17.9. The van der Waals surface area contributed by atoms with Crippen LogP contribution in [0.1, 0.15) is 36.6 Å². The third kappa shape index (κ3) is 4.58. The molecule has 0 aromatic heterocycles. The van der Waals surface area contributed by atoms with Crippen LogP contribution in [-0.2, 0) is 31.6 Å². The van der Waals surface area contributed by atoms with E-state index in [1.165, 1.54) is 30.0 Å². The Kier molecular flexibility index (Phi) is 6.05. The summed E-state index contributed by atoms with van der Waals surface area (Å²) in [6.07, 6.45) is -4.11. The minimum Gasteiger partial charge on any atom is -0.376 e. The van der Waals surface area contributed by atoms with Crippen LogP contribution in [0, 0.1) is 5.82 Å². The number of anilines is 1. The molecule has 1 aliphatic heterocycles. The van der Waals surface area contributed by atoms with Crippen molar-refractivity contribution in [3.8, 4) is 0 Å². The number of hydrogen-bond acceptors (Lipinski definition) is 5. The van der Waals surface area contributed by atoms with E-state index in [0.29, 0.717) is 30.2 Å². The van der Waals surface area contributed by atoms with Gasteiger partial charge in [-0.05, 0) is 42.3 Å². The van der Waals surface area contributed by atoms with Gasteiger partial charge >= 0.3 is 6.18 Å². The third-order valence-electron chi connectivity index (χ3n) is 5.46. The Morgan fingerprint density at radius 2 is 1.79 bits per heavy atom. The maximum absolute atomic E-state index is 14.4. The maximum Gasteiger partial charge on any atom is 0.421 e. The molecule has 3 rings (SSSR count). The predicted molar refractivity (Wildman–Crippen MR) is 109 cm³/mol. The molecule has 0 aliphatic carbocycles. The summed E-state index contributed by atoms with van der Waals surface area (Å²) in [7, 11) is -3.53. The number of alkyl halides is 3. The monoisotopic (exact) mass is 488 g/mol. The molecule has 7 nitrogen and oxygen atoms in total. The lowest BCUT2D eigenvalue weighted by molar-refractivity contribution is -0.259. The molecule has 0 bridgehead atoms. The number of sulfone groups is 1. The number of halogens is 4. The fourth-order valence-corrected chi connectivity index (χ4v) is 4.26. The maximum atomic E-state index is 14.4. The molecule has 2 atom stereocenters. The minimum absolute atomic E-state index is 0.0141. The number of fused-ring (bicyclic) bond motifs is 1. The Bertz CT molecular complexity index is 1240. The van der Waals surface area contributed by atoms with Gasteiger partial charge in [-0.3, -0.25) is 9.59 Å². The Hall–Kier alpha value is -2.99. The highest BCUT2D eigenvalue weighted by atomic mass is 32.2. The van der Waals surface area contributed by atoms with Gasteiger partial charge in [0.05, 0.1) is 4.90 Å². The lowest BCUT2D eigenvalue weighted by atomic mass is 9.94. The zero-order valence-corrected chi connectivity index (χ0v) is 18.5. The molecule has 1 aliphatic rings. The first kappa shape index (κ1) is 24.6. The highest BCUT2D eigenvalue weighted by Gasteiger charge is 2.52. The molecule has 0 spiro atoms. The van der Waals surface area contributed by atoms with Crippen LogP contribution in [0.25, 0.3) is 0 Å². The van der Waals surface area contributed by atoms with E-state index in [1.807, 2.05) is 0 Å². The summed E-state index contributed by atoms with van der Waals surface area (Å²) in [6.45, 7) is 1.60. The van der Waals surface area contributed by atoms with Crippen molar-refractivity contribution in [2.45, 2.75) is 43.1 Å². The molecule has 1 heterocycles. The van der Waals surface area contributed by atoms with E-state index >= 15 is 0 Å². The summed E-state index contributed by atoms with van der Waals surface area (Å²) in [5.41, 5.74) is -3.84. The highest BCUT2D eigenvalue weighted by Crippen LogP contribution is 2.40.